The number of amides is 1. The van der Waals surface area contributed by atoms with E-state index in [4.69, 9.17) is 0 Å². The summed E-state index contributed by atoms with van der Waals surface area (Å²) >= 11 is 0. The largest absolute Gasteiger partial charge is 0.384 e. The molecule has 1 aromatic rings. The van der Waals surface area contributed by atoms with Gasteiger partial charge in [-0.05, 0) is 30.9 Å². The van der Waals surface area contributed by atoms with Crippen molar-refractivity contribution in [3.63, 3.8) is 0 Å². The fourth-order valence-corrected chi connectivity index (χ4v) is 1.39. The second-order valence-corrected chi connectivity index (χ2v) is 5.92. The molecule has 1 rings (SSSR count). The van der Waals surface area contributed by atoms with Gasteiger partial charge >= 0.3 is 0 Å². The van der Waals surface area contributed by atoms with Crippen LogP contribution in [0.3, 0.4) is 0 Å². The molecular formula is C15H25N3O. The number of nitrogens with zero attached hydrogens (tertiary/aromatic N) is 1. The maximum Gasteiger partial charge on any atom is 0.270 e. The average Bonchev–Trinajstić information content (AvgIpc) is 2.35. The second kappa shape index (κ2) is 6.55. The van der Waals surface area contributed by atoms with Gasteiger partial charge in [-0.3, -0.25) is 4.79 Å². The zero-order chi connectivity index (χ0) is 14.5. The molecular weight excluding hydrogens is 238 g/mol. The summed E-state index contributed by atoms with van der Waals surface area (Å²) in [5.41, 5.74) is 1.44. The first-order valence-electron chi connectivity index (χ1n) is 6.85. The Balaban J connectivity index is 2.63. The molecule has 106 valence electrons. The van der Waals surface area contributed by atoms with Gasteiger partial charge in [0, 0.05) is 12.6 Å². The molecule has 4 heteroatoms. The van der Waals surface area contributed by atoms with Gasteiger partial charge in [0.1, 0.15) is 5.69 Å². The van der Waals surface area contributed by atoms with Crippen LogP contribution in [0.1, 0.15) is 51.5 Å². The molecule has 0 aromatic carbocycles. The highest BCUT2D eigenvalue weighted by Gasteiger charge is 2.22. The molecule has 1 unspecified atom stereocenters. The summed E-state index contributed by atoms with van der Waals surface area (Å²) < 4.78 is 0. The SMILES string of the molecule is CCCNc1ccc(C(=O)NC(C)C(C)(C)C)nc1. The number of anilines is 1. The van der Waals surface area contributed by atoms with Crippen LogP contribution in [0.5, 0.6) is 0 Å². The lowest BCUT2D eigenvalue weighted by Crippen LogP contribution is -2.41. The van der Waals surface area contributed by atoms with Crippen LogP contribution in [-0.2, 0) is 0 Å². The maximum absolute atomic E-state index is 12.0. The number of nitrogens with one attached hydrogen (secondary N) is 2. The highest BCUT2D eigenvalue weighted by molar-refractivity contribution is 5.92. The first-order valence-corrected chi connectivity index (χ1v) is 6.85. The number of hydrogen-bond acceptors (Lipinski definition) is 3. The molecule has 0 aliphatic carbocycles. The first kappa shape index (κ1) is 15.5. The number of carbonyl (C=O) groups is 1. The van der Waals surface area contributed by atoms with Crippen LogP contribution in [0.25, 0.3) is 0 Å². The summed E-state index contributed by atoms with van der Waals surface area (Å²) in [5.74, 6) is -0.121. The lowest BCUT2D eigenvalue weighted by Gasteiger charge is -2.27. The highest BCUT2D eigenvalue weighted by atomic mass is 16.1. The molecule has 1 aromatic heterocycles. The minimum Gasteiger partial charge on any atom is -0.384 e. The summed E-state index contributed by atoms with van der Waals surface area (Å²) in [7, 11) is 0. The van der Waals surface area contributed by atoms with E-state index in [-0.39, 0.29) is 17.4 Å². The van der Waals surface area contributed by atoms with Gasteiger partial charge in [0.2, 0.25) is 0 Å². The van der Waals surface area contributed by atoms with Crippen molar-refractivity contribution in [3.05, 3.63) is 24.0 Å². The molecule has 0 radical (unpaired) electrons. The quantitative estimate of drug-likeness (QED) is 0.858. The Labute approximate surface area is 116 Å². The topological polar surface area (TPSA) is 54.0 Å². The van der Waals surface area contributed by atoms with Crippen molar-refractivity contribution in [3.8, 4) is 0 Å². The summed E-state index contributed by atoms with van der Waals surface area (Å²) in [4.78, 5) is 16.2. The van der Waals surface area contributed by atoms with Crippen LogP contribution in [-0.4, -0.2) is 23.5 Å². The van der Waals surface area contributed by atoms with Crippen LogP contribution in [0, 0.1) is 5.41 Å². The van der Waals surface area contributed by atoms with E-state index in [1.54, 1.807) is 12.3 Å². The summed E-state index contributed by atoms with van der Waals surface area (Å²) in [6.07, 6.45) is 2.76. The monoisotopic (exact) mass is 263 g/mol. The molecule has 0 saturated carbocycles. The van der Waals surface area contributed by atoms with Crippen molar-refractivity contribution < 1.29 is 4.79 Å². The molecule has 1 heterocycles. The third kappa shape index (κ3) is 4.89. The van der Waals surface area contributed by atoms with E-state index in [0.717, 1.165) is 18.7 Å². The number of carbonyl (C=O) groups excluding carboxylic acids is 1. The number of aromatic nitrogens is 1. The second-order valence-electron chi connectivity index (χ2n) is 5.92. The van der Waals surface area contributed by atoms with Crippen molar-refractivity contribution >= 4 is 11.6 Å². The van der Waals surface area contributed by atoms with Gasteiger partial charge in [-0.1, -0.05) is 27.7 Å². The fraction of sp³-hybridized carbons (Fsp3) is 0.600. The van der Waals surface area contributed by atoms with E-state index in [1.165, 1.54) is 0 Å². The zero-order valence-corrected chi connectivity index (χ0v) is 12.6. The van der Waals surface area contributed by atoms with Crippen molar-refractivity contribution in [1.82, 2.24) is 10.3 Å². The lowest BCUT2D eigenvalue weighted by atomic mass is 9.88. The van der Waals surface area contributed by atoms with Gasteiger partial charge in [0.15, 0.2) is 0 Å². The van der Waals surface area contributed by atoms with Crippen molar-refractivity contribution in [2.45, 2.75) is 47.1 Å². The molecule has 1 amide bonds. The molecule has 1 atom stereocenters. The molecule has 0 aliphatic rings. The molecule has 19 heavy (non-hydrogen) atoms. The number of rotatable bonds is 5. The predicted octanol–water partition coefficient (Wildman–Crippen LogP) is 3.07. The van der Waals surface area contributed by atoms with Crippen molar-refractivity contribution in [2.24, 2.45) is 5.41 Å². The molecule has 4 nitrogen and oxygen atoms in total. The maximum atomic E-state index is 12.0. The normalized spacial score (nSPS) is 12.9. The van der Waals surface area contributed by atoms with Gasteiger partial charge in [-0.15, -0.1) is 0 Å². The van der Waals surface area contributed by atoms with E-state index >= 15 is 0 Å². The fourth-order valence-electron chi connectivity index (χ4n) is 1.39. The summed E-state index contributed by atoms with van der Waals surface area (Å²) in [6, 6.07) is 3.74. The van der Waals surface area contributed by atoms with E-state index in [9.17, 15) is 4.79 Å². The van der Waals surface area contributed by atoms with Gasteiger partial charge < -0.3 is 10.6 Å². The van der Waals surface area contributed by atoms with Crippen LogP contribution in [0.2, 0.25) is 0 Å². The zero-order valence-electron chi connectivity index (χ0n) is 12.6. The Morgan fingerprint density at radius 3 is 2.53 bits per heavy atom. The van der Waals surface area contributed by atoms with Gasteiger partial charge in [0.25, 0.3) is 5.91 Å². The smallest absolute Gasteiger partial charge is 0.270 e. The van der Waals surface area contributed by atoms with Gasteiger partial charge in [-0.2, -0.15) is 0 Å². The first-order chi connectivity index (χ1) is 8.84. The van der Waals surface area contributed by atoms with E-state index in [0.29, 0.717) is 5.69 Å². The number of pyridine rings is 1. The molecule has 0 saturated heterocycles. The molecule has 2 N–H and O–H groups in total. The van der Waals surface area contributed by atoms with Gasteiger partial charge in [-0.25, -0.2) is 4.98 Å². The minimum atomic E-state index is -0.121. The Bertz CT molecular complexity index is 406. The Kier molecular flexibility index (Phi) is 5.33. The summed E-state index contributed by atoms with van der Waals surface area (Å²) in [5, 5.41) is 6.21. The van der Waals surface area contributed by atoms with Crippen LogP contribution >= 0.6 is 0 Å². The molecule has 0 bridgehead atoms. The van der Waals surface area contributed by atoms with Crippen molar-refractivity contribution in [2.75, 3.05) is 11.9 Å². The van der Waals surface area contributed by atoms with E-state index in [2.05, 4.69) is 43.3 Å². The van der Waals surface area contributed by atoms with Crippen LogP contribution < -0.4 is 10.6 Å². The highest BCUT2D eigenvalue weighted by Crippen LogP contribution is 2.18. The molecule has 0 aliphatic heterocycles. The van der Waals surface area contributed by atoms with Crippen molar-refractivity contribution in [1.29, 1.82) is 0 Å². The number of hydrogen-bond donors (Lipinski definition) is 2. The standard InChI is InChI=1S/C15H25N3O/c1-6-9-16-12-7-8-13(17-10-12)14(19)18-11(2)15(3,4)5/h7-8,10-11,16H,6,9H2,1-5H3,(H,18,19). The van der Waals surface area contributed by atoms with Crippen LogP contribution in [0.15, 0.2) is 18.3 Å². The Morgan fingerprint density at radius 2 is 2.05 bits per heavy atom. The van der Waals surface area contributed by atoms with E-state index < -0.39 is 0 Å². The Hall–Kier alpha value is -1.58. The lowest BCUT2D eigenvalue weighted by molar-refractivity contribution is 0.0905. The van der Waals surface area contributed by atoms with E-state index in [1.807, 2.05) is 13.0 Å². The molecule has 0 spiro atoms. The third-order valence-electron chi connectivity index (χ3n) is 3.22. The molecule has 0 fully saturated rings. The summed E-state index contributed by atoms with van der Waals surface area (Å²) in [6.45, 7) is 11.3. The third-order valence-corrected chi connectivity index (χ3v) is 3.22. The van der Waals surface area contributed by atoms with Gasteiger partial charge in [0.05, 0.1) is 11.9 Å². The minimum absolute atomic E-state index is 0.0400. The average molecular weight is 263 g/mol. The Morgan fingerprint density at radius 1 is 1.37 bits per heavy atom. The predicted molar refractivity (Wildman–Crippen MR) is 79.4 cm³/mol. The van der Waals surface area contributed by atoms with Crippen LogP contribution in [0.4, 0.5) is 5.69 Å².